The summed E-state index contributed by atoms with van der Waals surface area (Å²) in [5.41, 5.74) is 7.03. The zero-order valence-corrected chi connectivity index (χ0v) is 14.9. The molecule has 0 aliphatic heterocycles. The van der Waals surface area contributed by atoms with Gasteiger partial charge in [0.15, 0.2) is 0 Å². The summed E-state index contributed by atoms with van der Waals surface area (Å²) < 4.78 is 0. The Morgan fingerprint density at radius 1 is 0.444 bits per heavy atom. The fourth-order valence-electron chi connectivity index (χ4n) is 4.88. The third-order valence-electron chi connectivity index (χ3n) is 5.94. The molecule has 0 radical (unpaired) electrons. The van der Waals surface area contributed by atoms with Gasteiger partial charge in [-0.15, -0.1) is 0 Å². The normalized spacial score (nSPS) is 15.0. The molecule has 0 aromatic heterocycles. The highest BCUT2D eigenvalue weighted by Gasteiger charge is 2.32. The Kier molecular flexibility index (Phi) is 3.04. The number of hydrogen-bond acceptors (Lipinski definition) is 0. The largest absolute Gasteiger partial charge is 0.0622 e. The van der Waals surface area contributed by atoms with Crippen molar-refractivity contribution >= 4 is 21.5 Å². The molecule has 0 heteroatoms. The Morgan fingerprint density at radius 2 is 1.00 bits per heavy atom. The fourth-order valence-corrected chi connectivity index (χ4v) is 4.88. The Labute approximate surface area is 158 Å². The molecule has 1 aliphatic rings. The second-order valence-corrected chi connectivity index (χ2v) is 7.31. The van der Waals surface area contributed by atoms with E-state index in [0.29, 0.717) is 0 Å². The average molecular weight is 342 g/mol. The highest BCUT2D eigenvalue weighted by molar-refractivity contribution is 6.18. The number of hydrogen-bond donors (Lipinski definition) is 0. The van der Waals surface area contributed by atoms with Crippen LogP contribution in [-0.4, -0.2) is 0 Å². The van der Waals surface area contributed by atoms with Crippen molar-refractivity contribution in [3.05, 3.63) is 120 Å². The summed E-state index contributed by atoms with van der Waals surface area (Å²) in [6, 6.07) is 37.6. The lowest BCUT2D eigenvalue weighted by Crippen LogP contribution is -2.00. The maximum absolute atomic E-state index is 2.30. The van der Waals surface area contributed by atoms with E-state index >= 15 is 0 Å². The first-order valence-electron chi connectivity index (χ1n) is 9.51. The summed E-state index contributed by atoms with van der Waals surface area (Å²) in [7, 11) is 0. The summed E-state index contributed by atoms with van der Waals surface area (Å²) in [5.74, 6) is 0.284. The van der Waals surface area contributed by atoms with Gasteiger partial charge in [0.25, 0.3) is 0 Å². The van der Waals surface area contributed by atoms with Crippen LogP contribution in [0.15, 0.2) is 103 Å². The molecule has 0 amide bonds. The third-order valence-corrected chi connectivity index (χ3v) is 5.94. The summed E-state index contributed by atoms with van der Waals surface area (Å²) in [5, 5.41) is 5.42. The minimum Gasteiger partial charge on any atom is -0.0622 e. The van der Waals surface area contributed by atoms with Crippen LogP contribution in [0.25, 0.3) is 32.7 Å². The van der Waals surface area contributed by atoms with E-state index in [1.54, 1.807) is 0 Å². The predicted molar refractivity (Wildman–Crippen MR) is 114 cm³/mol. The van der Waals surface area contributed by atoms with Crippen molar-refractivity contribution in [2.75, 3.05) is 0 Å². The van der Waals surface area contributed by atoms with E-state index < -0.39 is 0 Å². The molecule has 0 N–H and O–H groups in total. The van der Waals surface area contributed by atoms with Crippen molar-refractivity contribution in [3.63, 3.8) is 0 Å². The first-order valence-corrected chi connectivity index (χ1v) is 9.51. The van der Waals surface area contributed by atoms with Gasteiger partial charge >= 0.3 is 0 Å². The van der Waals surface area contributed by atoms with Gasteiger partial charge in [0.1, 0.15) is 0 Å². The molecule has 0 heterocycles. The van der Waals surface area contributed by atoms with Crippen molar-refractivity contribution in [2.45, 2.75) is 5.92 Å². The molecule has 0 nitrogen and oxygen atoms in total. The molecule has 6 rings (SSSR count). The second-order valence-electron chi connectivity index (χ2n) is 7.31. The minimum atomic E-state index is 0.284. The third kappa shape index (κ3) is 1.98. The zero-order valence-electron chi connectivity index (χ0n) is 14.9. The van der Waals surface area contributed by atoms with E-state index in [1.807, 2.05) is 0 Å². The first-order chi connectivity index (χ1) is 13.4. The van der Waals surface area contributed by atoms with Gasteiger partial charge in [0.05, 0.1) is 0 Å². The predicted octanol–water partition coefficient (Wildman–Crippen LogP) is 7.15. The Hall–Kier alpha value is -3.38. The van der Waals surface area contributed by atoms with Crippen LogP contribution < -0.4 is 0 Å². The van der Waals surface area contributed by atoms with Crippen LogP contribution in [0.2, 0.25) is 0 Å². The van der Waals surface area contributed by atoms with Gasteiger partial charge in [-0.3, -0.25) is 0 Å². The smallest absolute Gasteiger partial charge is 0.0358 e. The van der Waals surface area contributed by atoms with Crippen LogP contribution >= 0.6 is 0 Å². The van der Waals surface area contributed by atoms with E-state index in [0.717, 1.165) is 0 Å². The molecular formula is C27H18. The van der Waals surface area contributed by atoms with E-state index in [1.165, 1.54) is 49.4 Å². The monoisotopic (exact) mass is 342 g/mol. The molecule has 27 heavy (non-hydrogen) atoms. The maximum Gasteiger partial charge on any atom is 0.0358 e. The van der Waals surface area contributed by atoms with Crippen molar-refractivity contribution in [3.8, 4) is 11.1 Å². The van der Waals surface area contributed by atoms with Gasteiger partial charge in [-0.2, -0.15) is 0 Å². The zero-order chi connectivity index (χ0) is 17.8. The lowest BCUT2D eigenvalue weighted by molar-refractivity contribution is 1.03. The van der Waals surface area contributed by atoms with Crippen LogP contribution in [0.1, 0.15) is 22.6 Å². The van der Waals surface area contributed by atoms with Gasteiger partial charge in [0, 0.05) is 5.92 Å². The average Bonchev–Trinajstić information content (AvgIpc) is 3.10. The molecular weight excluding hydrogens is 324 g/mol. The quantitative estimate of drug-likeness (QED) is 0.278. The van der Waals surface area contributed by atoms with Gasteiger partial charge in [-0.25, -0.2) is 0 Å². The summed E-state index contributed by atoms with van der Waals surface area (Å²) in [4.78, 5) is 0. The minimum absolute atomic E-state index is 0.284. The van der Waals surface area contributed by atoms with E-state index in [2.05, 4.69) is 103 Å². The standard InChI is InChI=1S/C27H18/c1-2-10-18(11-3-1)25-23-16-8-9-17-24(23)26-21-14-6-4-12-19(21)20-13-5-7-15-22(20)27(25)26/h1-17,25H/t25-/m0/s1. The summed E-state index contributed by atoms with van der Waals surface area (Å²) >= 11 is 0. The van der Waals surface area contributed by atoms with Gasteiger partial charge < -0.3 is 0 Å². The molecule has 1 atom stereocenters. The molecule has 0 unspecified atom stereocenters. The van der Waals surface area contributed by atoms with E-state index in [9.17, 15) is 0 Å². The van der Waals surface area contributed by atoms with Crippen LogP contribution in [0, 0.1) is 0 Å². The molecule has 0 saturated heterocycles. The Bertz CT molecular complexity index is 1310. The van der Waals surface area contributed by atoms with Gasteiger partial charge in [-0.1, -0.05) is 103 Å². The Balaban J connectivity index is 1.86. The topological polar surface area (TPSA) is 0 Å². The van der Waals surface area contributed by atoms with Crippen LogP contribution in [0.5, 0.6) is 0 Å². The Morgan fingerprint density at radius 3 is 1.78 bits per heavy atom. The molecule has 0 fully saturated rings. The van der Waals surface area contributed by atoms with Crippen molar-refractivity contribution in [1.29, 1.82) is 0 Å². The van der Waals surface area contributed by atoms with Crippen molar-refractivity contribution < 1.29 is 0 Å². The highest BCUT2D eigenvalue weighted by atomic mass is 14.3. The number of fused-ring (bicyclic) bond motifs is 8. The van der Waals surface area contributed by atoms with Crippen molar-refractivity contribution in [1.82, 2.24) is 0 Å². The first kappa shape index (κ1) is 14.8. The second kappa shape index (κ2) is 5.56. The molecule has 1 aliphatic carbocycles. The lowest BCUT2D eigenvalue weighted by atomic mass is 9.85. The molecule has 0 bridgehead atoms. The highest BCUT2D eigenvalue weighted by Crippen LogP contribution is 2.53. The maximum atomic E-state index is 2.30. The number of benzene rings is 5. The van der Waals surface area contributed by atoms with Crippen molar-refractivity contribution in [2.24, 2.45) is 0 Å². The van der Waals surface area contributed by atoms with E-state index in [4.69, 9.17) is 0 Å². The molecule has 126 valence electrons. The molecule has 0 spiro atoms. The lowest BCUT2D eigenvalue weighted by Gasteiger charge is -2.18. The van der Waals surface area contributed by atoms with Crippen LogP contribution in [0.4, 0.5) is 0 Å². The van der Waals surface area contributed by atoms with E-state index in [-0.39, 0.29) is 5.92 Å². The fraction of sp³-hybridized carbons (Fsp3) is 0.0370. The van der Waals surface area contributed by atoms with Gasteiger partial charge in [-0.05, 0) is 49.4 Å². The molecule has 5 aromatic carbocycles. The molecule has 5 aromatic rings. The van der Waals surface area contributed by atoms with Crippen LogP contribution in [-0.2, 0) is 0 Å². The SMILES string of the molecule is c1ccc([C@H]2c3ccccc3-c3c2c2ccccc2c2ccccc32)cc1. The summed E-state index contributed by atoms with van der Waals surface area (Å²) in [6.07, 6.45) is 0. The van der Waals surface area contributed by atoms with Crippen LogP contribution in [0.3, 0.4) is 0 Å². The number of rotatable bonds is 1. The van der Waals surface area contributed by atoms with Gasteiger partial charge in [0.2, 0.25) is 0 Å². The molecule has 0 saturated carbocycles. The summed E-state index contributed by atoms with van der Waals surface area (Å²) in [6.45, 7) is 0.